The Balaban J connectivity index is 1.07. The van der Waals surface area contributed by atoms with E-state index in [4.69, 9.17) is 9.72 Å². The molecule has 0 saturated heterocycles. The van der Waals surface area contributed by atoms with Crippen molar-refractivity contribution in [2.75, 3.05) is 0 Å². The van der Waals surface area contributed by atoms with Gasteiger partial charge in [0.1, 0.15) is 17.3 Å². The predicted molar refractivity (Wildman–Crippen MR) is 310 cm³/mol. The summed E-state index contributed by atoms with van der Waals surface area (Å²) >= 11 is 0. The minimum Gasteiger partial charge on any atom is -0.458 e. The first-order chi connectivity index (χ1) is 35.9. The van der Waals surface area contributed by atoms with E-state index in [-0.39, 0.29) is 16.2 Å². The zero-order valence-corrected chi connectivity index (χ0v) is 45.0. The fourth-order valence-corrected chi connectivity index (χ4v) is 10.5. The van der Waals surface area contributed by atoms with E-state index in [0.29, 0.717) is 0 Å². The van der Waals surface area contributed by atoms with Gasteiger partial charge in [0, 0.05) is 40.1 Å². The summed E-state index contributed by atoms with van der Waals surface area (Å²) in [7, 11) is 0. The van der Waals surface area contributed by atoms with Crippen LogP contribution in [0.1, 0.15) is 103 Å². The topological polar surface area (TPSA) is 35.9 Å². The maximum Gasteiger partial charge on any atom is 0.269 e. The molecule has 0 aliphatic heterocycles. The number of aromatic nitrogens is 4. The molecule has 5 heteroatoms. The normalized spacial score (nSPS) is 12.4. The molecule has 11 rings (SSSR count). The zero-order chi connectivity index (χ0) is 52.3. The molecule has 11 aromatic rings. The summed E-state index contributed by atoms with van der Waals surface area (Å²) in [6.45, 7) is 22.8. The second-order valence-electron chi connectivity index (χ2n) is 23.3. The highest BCUT2D eigenvalue weighted by molar-refractivity contribution is 6.10. The molecule has 0 unspecified atom stereocenters. The molecular weight excluding hydrogens is 913 g/mol. The number of hydrogen-bond donors (Lipinski definition) is 0. The lowest BCUT2D eigenvalue weighted by molar-refractivity contribution is -0.611. The van der Waals surface area contributed by atoms with Crippen LogP contribution >= 0.6 is 0 Å². The van der Waals surface area contributed by atoms with Crippen LogP contribution in [0.25, 0.3) is 61.3 Å². The van der Waals surface area contributed by atoms with Crippen LogP contribution in [-0.4, -0.2) is 14.1 Å². The summed E-state index contributed by atoms with van der Waals surface area (Å²) in [6, 6.07) is 74.2. The van der Waals surface area contributed by atoms with E-state index in [2.05, 4.69) is 302 Å². The van der Waals surface area contributed by atoms with Crippen molar-refractivity contribution in [3.63, 3.8) is 0 Å². The Morgan fingerprint density at radius 2 is 1.04 bits per heavy atom. The second-order valence-corrected chi connectivity index (χ2v) is 23.3. The molecule has 0 aliphatic carbocycles. The average molecular weight is 979 g/mol. The summed E-state index contributed by atoms with van der Waals surface area (Å²) in [6.07, 6.45) is 8.12. The Hall–Kier alpha value is -8.28. The molecule has 0 N–H and O–H groups in total. The van der Waals surface area contributed by atoms with Gasteiger partial charge in [0.15, 0.2) is 0 Å². The molecule has 372 valence electrons. The maximum atomic E-state index is 7.09. The van der Waals surface area contributed by atoms with Crippen LogP contribution in [0.4, 0.5) is 0 Å². The molecule has 0 amide bonds. The van der Waals surface area contributed by atoms with E-state index in [1.54, 1.807) is 0 Å². The molecule has 0 bridgehead atoms. The van der Waals surface area contributed by atoms with Gasteiger partial charge < -0.3 is 4.74 Å². The third-order valence-corrected chi connectivity index (χ3v) is 15.3. The fraction of sp³-hybridized carbons (Fsp3) is 0.200. The van der Waals surface area contributed by atoms with Crippen molar-refractivity contribution >= 4 is 21.8 Å². The van der Waals surface area contributed by atoms with Gasteiger partial charge in [-0.2, -0.15) is 0 Å². The molecule has 5 nitrogen and oxygen atoms in total. The summed E-state index contributed by atoms with van der Waals surface area (Å²) in [4.78, 5) is 5.01. The first-order valence-electron chi connectivity index (χ1n) is 26.3. The van der Waals surface area contributed by atoms with E-state index < -0.39 is 5.41 Å². The van der Waals surface area contributed by atoms with Crippen molar-refractivity contribution in [3.8, 4) is 50.9 Å². The second kappa shape index (κ2) is 18.9. The van der Waals surface area contributed by atoms with Gasteiger partial charge >= 0.3 is 0 Å². The largest absolute Gasteiger partial charge is 0.458 e. The van der Waals surface area contributed by atoms with E-state index >= 15 is 0 Å². The number of imidazole rings is 1. The number of hydrogen-bond acceptors (Lipinski definition) is 2. The molecule has 75 heavy (non-hydrogen) atoms. The number of ether oxygens (including phenoxy) is 1. The van der Waals surface area contributed by atoms with Crippen molar-refractivity contribution < 1.29 is 9.30 Å². The van der Waals surface area contributed by atoms with Crippen LogP contribution in [-0.2, 0) is 21.7 Å². The molecule has 8 aromatic carbocycles. The van der Waals surface area contributed by atoms with Crippen LogP contribution in [0.5, 0.6) is 11.5 Å². The Morgan fingerprint density at radius 1 is 0.427 bits per heavy atom. The summed E-state index contributed by atoms with van der Waals surface area (Å²) < 4.78 is 13.8. The van der Waals surface area contributed by atoms with E-state index in [1.807, 2.05) is 6.20 Å². The molecule has 0 atom stereocenters. The molecule has 0 radical (unpaired) electrons. The van der Waals surface area contributed by atoms with Crippen LogP contribution in [0.3, 0.4) is 0 Å². The Kier molecular flexibility index (Phi) is 12.3. The smallest absolute Gasteiger partial charge is 0.269 e. The number of rotatable bonds is 11. The van der Waals surface area contributed by atoms with Gasteiger partial charge in [-0.1, -0.05) is 203 Å². The van der Waals surface area contributed by atoms with Crippen molar-refractivity contribution in [1.29, 1.82) is 0 Å². The van der Waals surface area contributed by atoms with Gasteiger partial charge in [-0.15, -0.1) is 0 Å². The molecule has 3 heterocycles. The lowest BCUT2D eigenvalue weighted by atomic mass is 9.77. The van der Waals surface area contributed by atoms with Crippen LogP contribution < -0.4 is 9.30 Å². The van der Waals surface area contributed by atoms with Crippen molar-refractivity contribution in [3.05, 3.63) is 258 Å². The molecular formula is C70H66N4O. The molecule has 3 aromatic heterocycles. The van der Waals surface area contributed by atoms with Crippen LogP contribution in [0.15, 0.2) is 219 Å². The van der Waals surface area contributed by atoms with E-state index in [0.717, 1.165) is 67.3 Å². The minimum atomic E-state index is -0.418. The highest BCUT2D eigenvalue weighted by Crippen LogP contribution is 2.41. The third-order valence-electron chi connectivity index (χ3n) is 15.3. The van der Waals surface area contributed by atoms with Crippen LogP contribution in [0.2, 0.25) is 0 Å². The Morgan fingerprint density at radius 3 is 1.68 bits per heavy atom. The maximum absolute atomic E-state index is 7.09. The quantitative estimate of drug-likeness (QED) is 0.0956. The van der Waals surface area contributed by atoms with E-state index in [1.165, 1.54) is 38.9 Å². The third kappa shape index (κ3) is 9.49. The predicted octanol–water partition coefficient (Wildman–Crippen LogP) is 17.4. The highest BCUT2D eigenvalue weighted by Gasteiger charge is 2.31. The lowest BCUT2D eigenvalue weighted by Gasteiger charge is -2.29. The first-order valence-corrected chi connectivity index (χ1v) is 26.3. The van der Waals surface area contributed by atoms with Crippen molar-refractivity contribution in [2.24, 2.45) is 0 Å². The SMILES string of the molecule is CC(C)(C)c1cc(Oc2ccc3c4cc(-c5ccccc5)ccc4n(-c4cc(C(C)(C)C)ccn4)c3c2)cc(-n2[c-][n+](-c3cc(-c4ccccc4)cc(C(C)(C)c4ccccc4)c3)c(C(C)(C)c3ccccc3)c2)c1. The Labute approximate surface area is 443 Å². The first kappa shape index (κ1) is 49.0. The average Bonchev–Trinajstić information content (AvgIpc) is 4.03. The van der Waals surface area contributed by atoms with E-state index in [9.17, 15) is 0 Å². The highest BCUT2D eigenvalue weighted by atomic mass is 16.5. The van der Waals surface area contributed by atoms with Crippen molar-refractivity contribution in [2.45, 2.75) is 90.9 Å². The Bertz CT molecular complexity index is 3850. The summed E-state index contributed by atoms with van der Waals surface area (Å²) in [5, 5.41) is 2.29. The van der Waals surface area contributed by atoms with Crippen molar-refractivity contribution in [1.82, 2.24) is 14.1 Å². The van der Waals surface area contributed by atoms with Gasteiger partial charge in [0.25, 0.3) is 6.33 Å². The van der Waals surface area contributed by atoms with Gasteiger partial charge in [-0.05, 0) is 128 Å². The van der Waals surface area contributed by atoms with Gasteiger partial charge in [-0.3, -0.25) is 13.7 Å². The standard InChI is InChI=1S/C70H66N4O/c1-67(2,3)54-35-36-71-66(43-54)74-63-34-31-50(48-23-15-11-16-24-48)39-62(63)61-33-32-59(45-64(61)74)75-60-42-55(68(4,5)6)40-57(44-60)72-46-65(70(9,10)53-29-21-14-22-30-53)73(47-72)58-38-51(49-25-17-12-18-26-49)37-56(41-58)69(7,8)52-27-19-13-20-28-52/h11-46H,1-10H3. The number of nitrogens with zero attached hydrogens (tertiary/aromatic N) is 4. The van der Waals surface area contributed by atoms with Gasteiger partial charge in [-0.25, -0.2) is 4.98 Å². The number of pyridine rings is 1. The van der Waals surface area contributed by atoms with Gasteiger partial charge in [0.2, 0.25) is 0 Å². The fourth-order valence-electron chi connectivity index (χ4n) is 10.5. The van der Waals surface area contributed by atoms with Gasteiger partial charge in [0.05, 0.1) is 28.1 Å². The minimum absolute atomic E-state index is 0.0517. The summed E-state index contributed by atoms with van der Waals surface area (Å²) in [5.74, 6) is 2.36. The summed E-state index contributed by atoms with van der Waals surface area (Å²) in [5.41, 5.74) is 15.0. The molecule has 0 fully saturated rings. The van der Waals surface area contributed by atoms with Crippen LogP contribution in [0, 0.1) is 6.33 Å². The monoisotopic (exact) mass is 979 g/mol. The lowest BCUT2D eigenvalue weighted by Crippen LogP contribution is -2.41. The molecule has 0 spiro atoms. The number of fused-ring (bicyclic) bond motifs is 3. The molecule has 0 saturated carbocycles. The zero-order valence-electron chi connectivity index (χ0n) is 45.0. The molecule has 0 aliphatic rings. The number of benzene rings is 8.